The maximum Gasteiger partial charge on any atom is 0.301 e. The lowest BCUT2D eigenvalue weighted by Crippen LogP contribution is -2.29. The summed E-state index contributed by atoms with van der Waals surface area (Å²) in [5.74, 6) is -2.54. The molecule has 6 rings (SSSR count). The smallest absolute Gasteiger partial charge is 0.301 e. The van der Waals surface area contributed by atoms with E-state index in [0.29, 0.717) is 21.2 Å². The fraction of sp³-hybridized carbons (Fsp3) is 0.0968. The van der Waals surface area contributed by atoms with Crippen molar-refractivity contribution in [1.29, 1.82) is 0 Å². The third-order valence-corrected chi connectivity index (χ3v) is 9.25. The van der Waals surface area contributed by atoms with Gasteiger partial charge in [-0.15, -0.1) is 10.2 Å². The maximum absolute atomic E-state index is 14.4. The van der Waals surface area contributed by atoms with Gasteiger partial charge in [0.1, 0.15) is 11.6 Å². The van der Waals surface area contributed by atoms with Crippen LogP contribution in [-0.2, 0) is 15.3 Å². The van der Waals surface area contributed by atoms with E-state index in [1.54, 1.807) is 6.92 Å². The molecule has 0 bridgehead atoms. The molecule has 0 spiro atoms. The average Bonchev–Trinajstić information content (AvgIpc) is 3.58. The number of benzene rings is 4. The van der Waals surface area contributed by atoms with Crippen molar-refractivity contribution < 1.29 is 24.0 Å². The number of ketones is 1. The number of nitrogens with zero attached hydrogens (tertiary/aromatic N) is 4. The number of nitro groups is 1. The molecule has 1 atom stereocenters. The van der Waals surface area contributed by atoms with Crippen LogP contribution >= 0.6 is 23.1 Å². The highest BCUT2D eigenvalue weighted by molar-refractivity contribution is 8.00. The molecule has 1 aliphatic heterocycles. The van der Waals surface area contributed by atoms with Gasteiger partial charge in [0.05, 0.1) is 16.5 Å². The molecule has 43 heavy (non-hydrogen) atoms. The lowest BCUT2D eigenvalue weighted by Gasteiger charge is -2.22. The SMILES string of the molecule is Cc1ccc(/C(O)=C2\C(=O)C(=O)N(c3nnc(SCc4cccc5ccccc45)s3)C2c2ccc([N+](=O)[O-])cc2)cc1F. The van der Waals surface area contributed by atoms with Gasteiger partial charge in [-0.05, 0) is 52.6 Å². The Hall–Kier alpha value is -4.94. The summed E-state index contributed by atoms with van der Waals surface area (Å²) in [5, 5.41) is 33.3. The Morgan fingerprint density at radius 1 is 1.05 bits per heavy atom. The molecule has 4 aromatic carbocycles. The van der Waals surface area contributed by atoms with E-state index in [1.807, 2.05) is 42.5 Å². The molecule has 5 aromatic rings. The number of amides is 1. The number of hydrogen-bond acceptors (Lipinski definition) is 9. The van der Waals surface area contributed by atoms with Crippen LogP contribution in [0.5, 0.6) is 0 Å². The largest absolute Gasteiger partial charge is 0.507 e. The molecular weight excluding hydrogens is 591 g/mol. The van der Waals surface area contributed by atoms with E-state index in [4.69, 9.17) is 0 Å². The van der Waals surface area contributed by atoms with E-state index in [0.717, 1.165) is 38.6 Å². The van der Waals surface area contributed by atoms with Gasteiger partial charge in [-0.3, -0.25) is 24.6 Å². The number of non-ortho nitro benzene ring substituents is 1. The molecule has 1 amide bonds. The van der Waals surface area contributed by atoms with Crippen LogP contribution in [0.25, 0.3) is 16.5 Å². The van der Waals surface area contributed by atoms with Crippen molar-refractivity contribution >= 4 is 62.1 Å². The average molecular weight is 613 g/mol. The second-order valence-electron chi connectivity index (χ2n) is 9.76. The van der Waals surface area contributed by atoms with E-state index >= 15 is 0 Å². The Morgan fingerprint density at radius 3 is 2.53 bits per heavy atom. The fourth-order valence-corrected chi connectivity index (χ4v) is 6.81. The molecule has 1 fully saturated rings. The summed E-state index contributed by atoms with van der Waals surface area (Å²) >= 11 is 2.53. The fourth-order valence-electron chi connectivity index (χ4n) is 4.94. The van der Waals surface area contributed by atoms with Crippen molar-refractivity contribution in [2.24, 2.45) is 0 Å². The van der Waals surface area contributed by atoms with E-state index in [1.165, 1.54) is 48.2 Å². The van der Waals surface area contributed by atoms with Crippen LogP contribution < -0.4 is 4.90 Å². The topological polar surface area (TPSA) is 127 Å². The third-order valence-electron chi connectivity index (χ3n) is 7.14. The molecule has 12 heteroatoms. The van der Waals surface area contributed by atoms with Gasteiger partial charge in [-0.2, -0.15) is 0 Å². The first-order valence-electron chi connectivity index (χ1n) is 13.0. The highest BCUT2D eigenvalue weighted by Crippen LogP contribution is 2.44. The zero-order valence-electron chi connectivity index (χ0n) is 22.4. The van der Waals surface area contributed by atoms with Crippen molar-refractivity contribution in [1.82, 2.24) is 10.2 Å². The standard InChI is InChI=1S/C31H21FN4O5S2/c1-17-9-10-20(15-24(17)32)27(37)25-26(19-11-13-22(14-12-19)36(40)41)35(29(39)28(25)38)30-33-34-31(43-30)42-16-21-7-4-6-18-5-2-3-8-23(18)21/h2-15,26,37H,16H2,1H3/b27-25+. The third kappa shape index (κ3) is 5.26. The highest BCUT2D eigenvalue weighted by atomic mass is 32.2. The molecule has 0 aliphatic carbocycles. The Labute approximate surface area is 252 Å². The van der Waals surface area contributed by atoms with Crippen LogP contribution in [0, 0.1) is 22.9 Å². The highest BCUT2D eigenvalue weighted by Gasteiger charge is 2.48. The molecule has 214 valence electrons. The first kappa shape index (κ1) is 28.2. The number of aryl methyl sites for hydroxylation is 1. The van der Waals surface area contributed by atoms with Crippen LogP contribution in [0.15, 0.2) is 94.8 Å². The molecule has 1 unspecified atom stereocenters. The van der Waals surface area contributed by atoms with Crippen molar-refractivity contribution in [3.63, 3.8) is 0 Å². The van der Waals surface area contributed by atoms with Gasteiger partial charge in [0, 0.05) is 23.4 Å². The Kier molecular flexibility index (Phi) is 7.46. The minimum atomic E-state index is -1.19. The number of halogens is 1. The normalized spacial score (nSPS) is 16.2. The van der Waals surface area contributed by atoms with E-state index in [9.17, 15) is 29.2 Å². The molecule has 0 radical (unpaired) electrons. The zero-order chi connectivity index (χ0) is 30.2. The maximum atomic E-state index is 14.4. The summed E-state index contributed by atoms with van der Waals surface area (Å²) in [6.45, 7) is 1.56. The van der Waals surface area contributed by atoms with Gasteiger partial charge in [-0.1, -0.05) is 77.7 Å². The van der Waals surface area contributed by atoms with Gasteiger partial charge in [0.2, 0.25) is 5.13 Å². The van der Waals surface area contributed by atoms with Gasteiger partial charge in [0.25, 0.3) is 11.5 Å². The Morgan fingerprint density at radius 2 is 1.79 bits per heavy atom. The second kappa shape index (κ2) is 11.4. The minimum absolute atomic E-state index is 0.0107. The first-order chi connectivity index (χ1) is 20.7. The molecule has 2 heterocycles. The number of aliphatic hydroxyl groups excluding tert-OH is 1. The minimum Gasteiger partial charge on any atom is -0.507 e. The monoisotopic (exact) mass is 612 g/mol. The Balaban J connectivity index is 1.39. The first-order valence-corrected chi connectivity index (χ1v) is 14.8. The predicted octanol–water partition coefficient (Wildman–Crippen LogP) is 6.97. The molecule has 0 saturated carbocycles. The summed E-state index contributed by atoms with van der Waals surface area (Å²) in [6, 6.07) is 22.1. The number of rotatable bonds is 7. The molecular formula is C31H21FN4O5S2. The number of fused-ring (bicyclic) bond motifs is 1. The van der Waals surface area contributed by atoms with Gasteiger partial charge in [0.15, 0.2) is 4.34 Å². The number of aliphatic hydroxyl groups is 1. The predicted molar refractivity (Wildman–Crippen MR) is 162 cm³/mol. The van der Waals surface area contributed by atoms with Crippen LogP contribution in [-0.4, -0.2) is 31.9 Å². The quantitative estimate of drug-likeness (QED) is 0.0397. The van der Waals surface area contributed by atoms with Crippen LogP contribution in [0.4, 0.5) is 15.2 Å². The number of hydrogen-bond donors (Lipinski definition) is 1. The number of carbonyl (C=O) groups excluding carboxylic acids is 2. The van der Waals surface area contributed by atoms with Crippen molar-refractivity contribution in [2.75, 3.05) is 4.90 Å². The Bertz CT molecular complexity index is 1950. The van der Waals surface area contributed by atoms with Crippen molar-refractivity contribution in [3.05, 3.63) is 129 Å². The van der Waals surface area contributed by atoms with Crippen molar-refractivity contribution in [3.8, 4) is 0 Å². The molecule has 1 aromatic heterocycles. The van der Waals surface area contributed by atoms with Gasteiger partial charge in [-0.25, -0.2) is 4.39 Å². The lowest BCUT2D eigenvalue weighted by atomic mass is 9.95. The molecule has 1 saturated heterocycles. The number of thioether (sulfide) groups is 1. The molecule has 9 nitrogen and oxygen atoms in total. The number of anilines is 1. The van der Waals surface area contributed by atoms with Gasteiger partial charge < -0.3 is 5.11 Å². The van der Waals surface area contributed by atoms with E-state index in [-0.39, 0.29) is 22.0 Å². The van der Waals surface area contributed by atoms with Crippen molar-refractivity contribution in [2.45, 2.75) is 23.1 Å². The van der Waals surface area contributed by atoms with Gasteiger partial charge >= 0.3 is 5.91 Å². The van der Waals surface area contributed by atoms with Crippen LogP contribution in [0.3, 0.4) is 0 Å². The summed E-state index contributed by atoms with van der Waals surface area (Å²) in [7, 11) is 0. The lowest BCUT2D eigenvalue weighted by molar-refractivity contribution is -0.384. The van der Waals surface area contributed by atoms with Crippen LogP contribution in [0.2, 0.25) is 0 Å². The van der Waals surface area contributed by atoms with E-state index < -0.39 is 34.2 Å². The number of carbonyl (C=O) groups is 2. The summed E-state index contributed by atoms with van der Waals surface area (Å²) in [4.78, 5) is 38.7. The molecule has 1 N–H and O–H groups in total. The number of nitro benzene ring substituents is 1. The van der Waals surface area contributed by atoms with Crippen LogP contribution in [0.1, 0.15) is 28.3 Å². The number of aromatic nitrogens is 2. The molecule has 1 aliphatic rings. The summed E-state index contributed by atoms with van der Waals surface area (Å²) in [5.41, 5.74) is 1.28. The summed E-state index contributed by atoms with van der Waals surface area (Å²) in [6.07, 6.45) is 0. The number of Topliss-reactive ketones (excluding diaryl/α,β-unsaturated/α-hetero) is 1. The second-order valence-corrected chi connectivity index (χ2v) is 11.9. The van der Waals surface area contributed by atoms with E-state index in [2.05, 4.69) is 10.2 Å². The summed E-state index contributed by atoms with van der Waals surface area (Å²) < 4.78 is 14.9. The zero-order valence-corrected chi connectivity index (χ0v) is 24.1.